The first-order valence-corrected chi connectivity index (χ1v) is 7.49. The van der Waals surface area contributed by atoms with Gasteiger partial charge in [-0.05, 0) is 25.5 Å². The summed E-state index contributed by atoms with van der Waals surface area (Å²) >= 11 is 0. The van der Waals surface area contributed by atoms with E-state index in [1.165, 1.54) is 0 Å². The fourth-order valence-electron chi connectivity index (χ4n) is 2.75. The van der Waals surface area contributed by atoms with Crippen molar-refractivity contribution in [3.05, 3.63) is 41.5 Å². The summed E-state index contributed by atoms with van der Waals surface area (Å²) in [6.07, 6.45) is 4.68. The number of nitriles is 1. The maximum Gasteiger partial charge on any atom is 0.270 e. The highest BCUT2D eigenvalue weighted by molar-refractivity contribution is 5.92. The molecule has 7 heteroatoms. The Hall–Kier alpha value is -2.88. The summed E-state index contributed by atoms with van der Waals surface area (Å²) < 4.78 is 1.77. The highest BCUT2D eigenvalue weighted by Gasteiger charge is 2.25. The molecule has 2 aromatic heterocycles. The van der Waals surface area contributed by atoms with Crippen LogP contribution in [-0.4, -0.2) is 39.8 Å². The number of hydrogen-bond donors (Lipinski definition) is 1. The lowest BCUT2D eigenvalue weighted by Gasteiger charge is -2.16. The summed E-state index contributed by atoms with van der Waals surface area (Å²) in [5.41, 5.74) is 2.48. The molecule has 3 heterocycles. The Bertz CT molecular complexity index is 775. The van der Waals surface area contributed by atoms with Crippen molar-refractivity contribution in [3.63, 3.8) is 0 Å². The Kier molecular flexibility index (Phi) is 3.98. The Balaban J connectivity index is 1.63. The van der Waals surface area contributed by atoms with Crippen LogP contribution in [0.1, 0.15) is 28.2 Å². The predicted octanol–water partition coefficient (Wildman–Crippen LogP) is 1.00. The third-order valence-corrected chi connectivity index (χ3v) is 4.02. The molecule has 1 unspecified atom stereocenters. The SMILES string of the molecule is Cc1nc(C(=O)NC2CCN(c3cnn(C)c3)C2)ccc1C#N. The average Bonchev–Trinajstić information content (AvgIpc) is 3.16. The number of rotatable bonds is 3. The second kappa shape index (κ2) is 6.08. The summed E-state index contributed by atoms with van der Waals surface area (Å²) in [6.45, 7) is 3.37. The molecule has 0 aromatic carbocycles. The second-order valence-corrected chi connectivity index (χ2v) is 5.72. The van der Waals surface area contributed by atoms with Crippen LogP contribution < -0.4 is 10.2 Å². The minimum Gasteiger partial charge on any atom is -0.367 e. The van der Waals surface area contributed by atoms with Gasteiger partial charge >= 0.3 is 0 Å². The minimum absolute atomic E-state index is 0.0838. The summed E-state index contributed by atoms with van der Waals surface area (Å²) in [5, 5.41) is 16.1. The van der Waals surface area contributed by atoms with Crippen molar-refractivity contribution in [2.24, 2.45) is 7.05 Å². The van der Waals surface area contributed by atoms with Gasteiger partial charge in [-0.3, -0.25) is 9.48 Å². The van der Waals surface area contributed by atoms with Crippen molar-refractivity contribution < 1.29 is 4.79 Å². The fraction of sp³-hybridized carbons (Fsp3) is 0.375. The van der Waals surface area contributed by atoms with Gasteiger partial charge in [0.15, 0.2) is 0 Å². The molecule has 118 valence electrons. The molecule has 0 aliphatic carbocycles. The molecule has 0 saturated carbocycles. The van der Waals surface area contributed by atoms with Crippen LogP contribution >= 0.6 is 0 Å². The van der Waals surface area contributed by atoms with E-state index >= 15 is 0 Å². The molecule has 0 radical (unpaired) electrons. The normalized spacial score (nSPS) is 17.1. The Labute approximate surface area is 134 Å². The molecule has 1 amide bonds. The maximum absolute atomic E-state index is 12.3. The minimum atomic E-state index is -0.198. The van der Waals surface area contributed by atoms with Crippen LogP contribution in [0.4, 0.5) is 5.69 Å². The standard InChI is InChI=1S/C16H18N6O/c1-11-12(7-17)3-4-15(19-11)16(23)20-13-5-6-22(9-13)14-8-18-21(2)10-14/h3-4,8,10,13H,5-6,9H2,1-2H3,(H,20,23). The molecule has 0 bridgehead atoms. The van der Waals surface area contributed by atoms with E-state index in [0.717, 1.165) is 25.2 Å². The first-order valence-electron chi connectivity index (χ1n) is 7.49. The molecule has 0 spiro atoms. The van der Waals surface area contributed by atoms with Crippen LogP contribution in [0.3, 0.4) is 0 Å². The van der Waals surface area contributed by atoms with E-state index in [-0.39, 0.29) is 11.9 Å². The van der Waals surface area contributed by atoms with E-state index in [9.17, 15) is 4.79 Å². The number of aromatic nitrogens is 3. The van der Waals surface area contributed by atoms with Crippen molar-refractivity contribution in [2.75, 3.05) is 18.0 Å². The van der Waals surface area contributed by atoms with Gasteiger partial charge in [0, 0.05) is 32.4 Å². The van der Waals surface area contributed by atoms with Crippen molar-refractivity contribution in [3.8, 4) is 6.07 Å². The molecule has 3 rings (SSSR count). The third kappa shape index (κ3) is 3.16. The van der Waals surface area contributed by atoms with Crippen molar-refractivity contribution in [1.29, 1.82) is 5.26 Å². The van der Waals surface area contributed by atoms with E-state index in [1.807, 2.05) is 19.4 Å². The first kappa shape index (κ1) is 15.0. The molecule has 2 aromatic rings. The summed E-state index contributed by atoms with van der Waals surface area (Å²) in [7, 11) is 1.89. The molecule has 1 aliphatic rings. The van der Waals surface area contributed by atoms with E-state index in [2.05, 4.69) is 26.4 Å². The summed E-state index contributed by atoms with van der Waals surface area (Å²) in [4.78, 5) is 18.7. The number of carbonyl (C=O) groups excluding carboxylic acids is 1. The number of nitrogens with one attached hydrogen (secondary N) is 1. The first-order chi connectivity index (χ1) is 11.1. The molecule has 23 heavy (non-hydrogen) atoms. The highest BCUT2D eigenvalue weighted by Crippen LogP contribution is 2.19. The van der Waals surface area contributed by atoms with Crippen LogP contribution in [0.5, 0.6) is 0 Å². The lowest BCUT2D eigenvalue weighted by Crippen LogP contribution is -2.37. The molecular formula is C16H18N6O. The van der Waals surface area contributed by atoms with Crippen molar-refractivity contribution >= 4 is 11.6 Å². The van der Waals surface area contributed by atoms with Gasteiger partial charge in [-0.15, -0.1) is 0 Å². The number of anilines is 1. The summed E-state index contributed by atoms with van der Waals surface area (Å²) in [5.74, 6) is -0.198. The van der Waals surface area contributed by atoms with Crippen LogP contribution in [-0.2, 0) is 7.05 Å². The highest BCUT2D eigenvalue weighted by atomic mass is 16.1. The Morgan fingerprint density at radius 3 is 2.96 bits per heavy atom. The van der Waals surface area contributed by atoms with E-state index in [0.29, 0.717) is 17.0 Å². The molecule has 7 nitrogen and oxygen atoms in total. The molecule has 1 N–H and O–H groups in total. The lowest BCUT2D eigenvalue weighted by molar-refractivity contribution is 0.0935. The smallest absolute Gasteiger partial charge is 0.270 e. The van der Waals surface area contributed by atoms with Crippen LogP contribution in [0.2, 0.25) is 0 Å². The van der Waals surface area contributed by atoms with Gasteiger partial charge in [-0.25, -0.2) is 4.98 Å². The van der Waals surface area contributed by atoms with Gasteiger partial charge < -0.3 is 10.2 Å². The van der Waals surface area contributed by atoms with Gasteiger partial charge in [0.2, 0.25) is 0 Å². The lowest BCUT2D eigenvalue weighted by atomic mass is 10.2. The average molecular weight is 310 g/mol. The summed E-state index contributed by atoms with van der Waals surface area (Å²) in [6, 6.07) is 5.36. The van der Waals surface area contributed by atoms with Crippen LogP contribution in [0.15, 0.2) is 24.5 Å². The van der Waals surface area contributed by atoms with Gasteiger partial charge in [0.1, 0.15) is 11.8 Å². The van der Waals surface area contributed by atoms with Crippen molar-refractivity contribution in [2.45, 2.75) is 19.4 Å². The molecular weight excluding hydrogens is 292 g/mol. The van der Waals surface area contributed by atoms with Crippen LogP contribution in [0, 0.1) is 18.3 Å². The van der Waals surface area contributed by atoms with E-state index in [4.69, 9.17) is 5.26 Å². The Morgan fingerprint density at radius 1 is 1.48 bits per heavy atom. The van der Waals surface area contributed by atoms with Gasteiger partial charge in [0.05, 0.1) is 23.1 Å². The van der Waals surface area contributed by atoms with Gasteiger partial charge in [0.25, 0.3) is 5.91 Å². The van der Waals surface area contributed by atoms with E-state index in [1.54, 1.807) is 23.7 Å². The van der Waals surface area contributed by atoms with Crippen LogP contribution in [0.25, 0.3) is 0 Å². The second-order valence-electron chi connectivity index (χ2n) is 5.72. The molecule has 1 saturated heterocycles. The molecule has 1 atom stereocenters. The third-order valence-electron chi connectivity index (χ3n) is 4.02. The zero-order valence-electron chi connectivity index (χ0n) is 13.2. The van der Waals surface area contributed by atoms with Gasteiger partial charge in [-0.2, -0.15) is 10.4 Å². The Morgan fingerprint density at radius 2 is 2.30 bits per heavy atom. The zero-order valence-corrected chi connectivity index (χ0v) is 13.2. The topological polar surface area (TPSA) is 86.8 Å². The predicted molar refractivity (Wildman–Crippen MR) is 85.0 cm³/mol. The zero-order chi connectivity index (χ0) is 16.4. The van der Waals surface area contributed by atoms with Gasteiger partial charge in [-0.1, -0.05) is 0 Å². The fourth-order valence-corrected chi connectivity index (χ4v) is 2.75. The molecule has 1 aliphatic heterocycles. The largest absolute Gasteiger partial charge is 0.367 e. The number of hydrogen-bond acceptors (Lipinski definition) is 5. The van der Waals surface area contributed by atoms with E-state index < -0.39 is 0 Å². The monoisotopic (exact) mass is 310 g/mol. The number of carbonyl (C=O) groups is 1. The van der Waals surface area contributed by atoms with Crippen molar-refractivity contribution in [1.82, 2.24) is 20.1 Å². The number of amides is 1. The number of pyridine rings is 1. The maximum atomic E-state index is 12.3. The quantitative estimate of drug-likeness (QED) is 0.914. The number of nitrogens with zero attached hydrogens (tertiary/aromatic N) is 5. The number of aryl methyl sites for hydroxylation is 2. The molecule has 1 fully saturated rings.